The zero-order valence-electron chi connectivity index (χ0n) is 15.4. The van der Waals surface area contributed by atoms with E-state index in [0.29, 0.717) is 5.02 Å². The Morgan fingerprint density at radius 3 is 2.36 bits per heavy atom. The van der Waals surface area contributed by atoms with Gasteiger partial charge in [-0.3, -0.25) is 10.1 Å². The standard InChI is InChI=1S/C23H19ClN2O2/c1-15-6-8-17(9-7-15)23-22(19-4-2-3-5-21(19)25-23)20(14-26(27)28)16-10-12-18(24)13-11-16/h2-13,20,25H,14H2,1H3. The van der Waals surface area contributed by atoms with Gasteiger partial charge in [0.25, 0.3) is 0 Å². The number of halogens is 1. The molecule has 1 heterocycles. The van der Waals surface area contributed by atoms with Crippen molar-refractivity contribution >= 4 is 22.5 Å². The highest BCUT2D eigenvalue weighted by Gasteiger charge is 2.27. The number of nitro groups is 1. The van der Waals surface area contributed by atoms with Gasteiger partial charge in [0, 0.05) is 20.8 Å². The van der Waals surface area contributed by atoms with Gasteiger partial charge in [-0.25, -0.2) is 0 Å². The Labute approximate surface area is 167 Å². The van der Waals surface area contributed by atoms with E-state index in [0.717, 1.165) is 33.3 Å². The number of rotatable bonds is 5. The van der Waals surface area contributed by atoms with E-state index in [9.17, 15) is 10.1 Å². The lowest BCUT2D eigenvalue weighted by atomic mass is 9.87. The molecule has 0 spiro atoms. The van der Waals surface area contributed by atoms with Crippen molar-refractivity contribution in [2.24, 2.45) is 0 Å². The van der Waals surface area contributed by atoms with Crippen LogP contribution < -0.4 is 0 Å². The van der Waals surface area contributed by atoms with Crippen molar-refractivity contribution in [3.8, 4) is 11.3 Å². The molecule has 0 saturated heterocycles. The molecular weight excluding hydrogens is 372 g/mol. The van der Waals surface area contributed by atoms with Gasteiger partial charge in [-0.2, -0.15) is 0 Å². The molecule has 0 aliphatic rings. The van der Waals surface area contributed by atoms with Gasteiger partial charge in [0.1, 0.15) is 0 Å². The van der Waals surface area contributed by atoms with Crippen LogP contribution in [0.1, 0.15) is 22.6 Å². The third kappa shape index (κ3) is 3.51. The van der Waals surface area contributed by atoms with Crippen molar-refractivity contribution in [3.05, 3.63) is 105 Å². The Bertz CT molecular complexity index is 1130. The van der Waals surface area contributed by atoms with Gasteiger partial charge in [-0.1, -0.05) is 71.8 Å². The molecule has 1 N–H and O–H groups in total. The van der Waals surface area contributed by atoms with Crippen LogP contribution in [0.3, 0.4) is 0 Å². The highest BCUT2D eigenvalue weighted by Crippen LogP contribution is 2.39. The molecule has 1 atom stereocenters. The van der Waals surface area contributed by atoms with Crippen LogP contribution in [0.5, 0.6) is 0 Å². The minimum atomic E-state index is -0.389. The van der Waals surface area contributed by atoms with Crippen LogP contribution in [0, 0.1) is 17.0 Å². The van der Waals surface area contributed by atoms with E-state index in [2.05, 4.69) is 29.2 Å². The summed E-state index contributed by atoms with van der Waals surface area (Å²) in [4.78, 5) is 14.8. The third-order valence-corrected chi connectivity index (χ3v) is 5.29. The number of aromatic nitrogens is 1. The maximum Gasteiger partial charge on any atom is 0.214 e. The first-order chi connectivity index (χ1) is 13.5. The summed E-state index contributed by atoms with van der Waals surface area (Å²) in [5, 5.41) is 13.2. The number of nitrogens with one attached hydrogen (secondary N) is 1. The fraction of sp³-hybridized carbons (Fsp3) is 0.130. The summed E-state index contributed by atoms with van der Waals surface area (Å²) in [5.74, 6) is -0.389. The van der Waals surface area contributed by atoms with Gasteiger partial charge >= 0.3 is 0 Å². The van der Waals surface area contributed by atoms with E-state index in [1.165, 1.54) is 5.56 Å². The number of hydrogen-bond acceptors (Lipinski definition) is 2. The Morgan fingerprint density at radius 2 is 1.68 bits per heavy atom. The fourth-order valence-corrected chi connectivity index (χ4v) is 3.81. The van der Waals surface area contributed by atoms with Crippen LogP contribution in [0.15, 0.2) is 72.8 Å². The molecule has 4 aromatic rings. The Balaban J connectivity index is 1.97. The molecule has 0 fully saturated rings. The van der Waals surface area contributed by atoms with Crippen LogP contribution in [0.4, 0.5) is 0 Å². The van der Waals surface area contributed by atoms with Gasteiger partial charge in [0.05, 0.1) is 11.6 Å². The second-order valence-electron chi connectivity index (χ2n) is 6.94. The van der Waals surface area contributed by atoms with E-state index in [-0.39, 0.29) is 17.4 Å². The zero-order chi connectivity index (χ0) is 19.7. The molecule has 28 heavy (non-hydrogen) atoms. The predicted octanol–water partition coefficient (Wildman–Crippen LogP) is 6.21. The number of hydrogen-bond donors (Lipinski definition) is 1. The van der Waals surface area contributed by atoms with Crippen molar-refractivity contribution in [1.29, 1.82) is 0 Å². The first kappa shape index (κ1) is 18.3. The lowest BCUT2D eigenvalue weighted by Crippen LogP contribution is -2.14. The molecule has 1 aromatic heterocycles. The minimum Gasteiger partial charge on any atom is -0.354 e. The average molecular weight is 391 g/mol. The van der Waals surface area contributed by atoms with E-state index in [4.69, 9.17) is 11.6 Å². The maximum absolute atomic E-state index is 11.5. The predicted molar refractivity (Wildman–Crippen MR) is 114 cm³/mol. The van der Waals surface area contributed by atoms with Crippen LogP contribution in [-0.4, -0.2) is 16.5 Å². The highest BCUT2D eigenvalue weighted by atomic mass is 35.5. The molecule has 3 aromatic carbocycles. The summed E-state index contributed by atoms with van der Waals surface area (Å²) in [6, 6.07) is 23.5. The molecule has 4 rings (SSSR count). The van der Waals surface area contributed by atoms with Crippen molar-refractivity contribution in [2.75, 3.05) is 6.54 Å². The number of H-pyrrole nitrogens is 1. The monoisotopic (exact) mass is 390 g/mol. The molecule has 1 unspecified atom stereocenters. The Kier molecular flexibility index (Phi) is 4.88. The lowest BCUT2D eigenvalue weighted by Gasteiger charge is -2.16. The SMILES string of the molecule is Cc1ccc(-c2[nH]c3ccccc3c2C(C[N+](=O)[O-])c2ccc(Cl)cc2)cc1. The summed E-state index contributed by atoms with van der Waals surface area (Å²) in [6.07, 6.45) is 0. The summed E-state index contributed by atoms with van der Waals surface area (Å²) in [6.45, 7) is 1.85. The number of aromatic amines is 1. The number of para-hydroxylation sites is 1. The first-order valence-corrected chi connectivity index (χ1v) is 9.45. The van der Waals surface area contributed by atoms with E-state index in [1.54, 1.807) is 12.1 Å². The fourth-order valence-electron chi connectivity index (χ4n) is 3.68. The molecular formula is C23H19ClN2O2. The number of nitrogens with zero attached hydrogens (tertiary/aromatic N) is 1. The molecule has 0 aliphatic carbocycles. The largest absolute Gasteiger partial charge is 0.354 e. The Morgan fingerprint density at radius 1 is 1.00 bits per heavy atom. The lowest BCUT2D eigenvalue weighted by molar-refractivity contribution is -0.481. The number of fused-ring (bicyclic) bond motifs is 1. The molecule has 140 valence electrons. The first-order valence-electron chi connectivity index (χ1n) is 9.08. The number of benzene rings is 3. The van der Waals surface area contributed by atoms with Crippen molar-refractivity contribution in [2.45, 2.75) is 12.8 Å². The smallest absolute Gasteiger partial charge is 0.214 e. The number of aryl methyl sites for hydroxylation is 1. The highest BCUT2D eigenvalue weighted by molar-refractivity contribution is 6.30. The Hall–Kier alpha value is -3.11. The van der Waals surface area contributed by atoms with Gasteiger partial charge < -0.3 is 4.98 Å². The van der Waals surface area contributed by atoms with Gasteiger partial charge in [0.15, 0.2) is 0 Å². The van der Waals surface area contributed by atoms with Crippen LogP contribution in [0.2, 0.25) is 5.02 Å². The van der Waals surface area contributed by atoms with E-state index >= 15 is 0 Å². The van der Waals surface area contributed by atoms with Crippen LogP contribution in [-0.2, 0) is 0 Å². The topological polar surface area (TPSA) is 58.9 Å². The summed E-state index contributed by atoms with van der Waals surface area (Å²) in [7, 11) is 0. The normalized spacial score (nSPS) is 12.2. The molecule has 4 nitrogen and oxygen atoms in total. The second-order valence-corrected chi connectivity index (χ2v) is 7.38. The van der Waals surface area contributed by atoms with Crippen molar-refractivity contribution in [3.63, 3.8) is 0 Å². The minimum absolute atomic E-state index is 0.192. The molecule has 0 radical (unpaired) electrons. The summed E-state index contributed by atoms with van der Waals surface area (Å²) in [5.41, 5.74) is 5.89. The van der Waals surface area contributed by atoms with Crippen LogP contribution >= 0.6 is 11.6 Å². The zero-order valence-corrected chi connectivity index (χ0v) is 16.1. The van der Waals surface area contributed by atoms with E-state index < -0.39 is 0 Å². The molecule has 0 amide bonds. The molecule has 5 heteroatoms. The van der Waals surface area contributed by atoms with Crippen LogP contribution in [0.25, 0.3) is 22.2 Å². The van der Waals surface area contributed by atoms with Crippen molar-refractivity contribution in [1.82, 2.24) is 4.98 Å². The second kappa shape index (κ2) is 7.49. The van der Waals surface area contributed by atoms with E-state index in [1.807, 2.05) is 43.3 Å². The van der Waals surface area contributed by atoms with Gasteiger partial charge in [-0.05, 0) is 41.8 Å². The summed E-state index contributed by atoms with van der Waals surface area (Å²) < 4.78 is 0. The summed E-state index contributed by atoms with van der Waals surface area (Å²) >= 11 is 6.04. The van der Waals surface area contributed by atoms with Crippen molar-refractivity contribution < 1.29 is 4.92 Å². The quantitative estimate of drug-likeness (QED) is 0.325. The molecule has 0 bridgehead atoms. The molecule has 0 aliphatic heterocycles. The van der Waals surface area contributed by atoms with Gasteiger partial charge in [0.2, 0.25) is 6.54 Å². The van der Waals surface area contributed by atoms with Gasteiger partial charge in [-0.15, -0.1) is 0 Å². The maximum atomic E-state index is 11.5. The average Bonchev–Trinajstić information content (AvgIpc) is 3.06. The third-order valence-electron chi connectivity index (χ3n) is 5.04. The molecule has 0 saturated carbocycles.